The van der Waals surface area contributed by atoms with E-state index in [2.05, 4.69) is 20.6 Å². The molecule has 2 amide bonds. The Balaban J connectivity index is 1.22. The van der Waals surface area contributed by atoms with Crippen molar-refractivity contribution in [2.45, 2.75) is 6.04 Å². The quantitative estimate of drug-likeness (QED) is 0.360. The fraction of sp³-hybridized carbons (Fsp3) is 0.179. The molecule has 1 aromatic heterocycles. The Hall–Kier alpha value is -4.47. The van der Waals surface area contributed by atoms with E-state index in [0.717, 1.165) is 37.6 Å². The number of carbonyl (C=O) groups is 2. The Kier molecular flexibility index (Phi) is 7.25. The van der Waals surface area contributed by atoms with Gasteiger partial charge in [0, 0.05) is 30.0 Å². The summed E-state index contributed by atoms with van der Waals surface area (Å²) < 4.78 is 7.00. The van der Waals surface area contributed by atoms with E-state index in [4.69, 9.17) is 10.5 Å². The molecule has 2 heterocycles. The van der Waals surface area contributed by atoms with Crippen LogP contribution in [0.3, 0.4) is 0 Å². The Labute approximate surface area is 214 Å². The van der Waals surface area contributed by atoms with Crippen molar-refractivity contribution in [2.75, 3.05) is 41.8 Å². The first-order chi connectivity index (χ1) is 18.1. The lowest BCUT2D eigenvalue weighted by molar-refractivity contribution is -0.117. The van der Waals surface area contributed by atoms with Gasteiger partial charge in [0.1, 0.15) is 6.04 Å². The molecular formula is C28H28N6O3. The van der Waals surface area contributed by atoms with E-state index in [1.54, 1.807) is 35.3 Å². The van der Waals surface area contributed by atoms with Crippen LogP contribution in [0, 0.1) is 0 Å². The Bertz CT molecular complexity index is 1360. The second-order valence-electron chi connectivity index (χ2n) is 8.70. The van der Waals surface area contributed by atoms with E-state index in [0.29, 0.717) is 22.6 Å². The summed E-state index contributed by atoms with van der Waals surface area (Å²) in [5, 5.41) is 10.1. The molecule has 1 aliphatic rings. The highest BCUT2D eigenvalue weighted by Gasteiger charge is 2.17. The lowest BCUT2D eigenvalue weighted by Gasteiger charge is -2.28. The van der Waals surface area contributed by atoms with E-state index >= 15 is 0 Å². The van der Waals surface area contributed by atoms with Crippen LogP contribution in [0.15, 0.2) is 91.3 Å². The minimum absolute atomic E-state index is 0.226. The Morgan fingerprint density at radius 1 is 0.865 bits per heavy atom. The summed E-state index contributed by atoms with van der Waals surface area (Å²) in [6.45, 7) is 3.16. The molecule has 1 atom stereocenters. The van der Waals surface area contributed by atoms with Crippen molar-refractivity contribution in [1.29, 1.82) is 0 Å². The maximum Gasteiger partial charge on any atom is 0.255 e. The monoisotopic (exact) mass is 496 g/mol. The summed E-state index contributed by atoms with van der Waals surface area (Å²) in [7, 11) is 0. The first-order valence-corrected chi connectivity index (χ1v) is 12.1. The third-order valence-electron chi connectivity index (χ3n) is 6.17. The van der Waals surface area contributed by atoms with E-state index in [-0.39, 0.29) is 11.8 Å². The van der Waals surface area contributed by atoms with Gasteiger partial charge in [0.15, 0.2) is 0 Å². The fourth-order valence-corrected chi connectivity index (χ4v) is 4.13. The van der Waals surface area contributed by atoms with Crippen LogP contribution in [-0.2, 0) is 9.53 Å². The molecular weight excluding hydrogens is 468 g/mol. The third-order valence-corrected chi connectivity index (χ3v) is 6.17. The number of ether oxygens (including phenoxy) is 1. The molecule has 0 radical (unpaired) electrons. The summed E-state index contributed by atoms with van der Waals surface area (Å²) in [6.07, 6.45) is 3.22. The molecule has 9 nitrogen and oxygen atoms in total. The zero-order valence-corrected chi connectivity index (χ0v) is 20.2. The van der Waals surface area contributed by atoms with Crippen molar-refractivity contribution in [3.05, 3.63) is 102 Å². The fourth-order valence-electron chi connectivity index (χ4n) is 4.13. The molecule has 4 N–H and O–H groups in total. The largest absolute Gasteiger partial charge is 0.378 e. The molecule has 188 valence electrons. The Morgan fingerprint density at radius 2 is 1.62 bits per heavy atom. The van der Waals surface area contributed by atoms with Gasteiger partial charge in [0.25, 0.3) is 5.91 Å². The van der Waals surface area contributed by atoms with Gasteiger partial charge < -0.3 is 26.0 Å². The minimum Gasteiger partial charge on any atom is -0.378 e. The van der Waals surface area contributed by atoms with Crippen molar-refractivity contribution >= 4 is 28.9 Å². The van der Waals surface area contributed by atoms with Crippen LogP contribution in [0.5, 0.6) is 0 Å². The molecule has 0 saturated carbocycles. The highest BCUT2D eigenvalue weighted by Crippen LogP contribution is 2.21. The molecule has 5 rings (SSSR count). The van der Waals surface area contributed by atoms with Crippen LogP contribution in [0.4, 0.5) is 17.1 Å². The summed E-state index contributed by atoms with van der Waals surface area (Å²) >= 11 is 0. The van der Waals surface area contributed by atoms with Crippen LogP contribution in [0.25, 0.3) is 5.69 Å². The maximum absolute atomic E-state index is 12.9. The molecule has 37 heavy (non-hydrogen) atoms. The number of anilines is 3. The second kappa shape index (κ2) is 11.1. The minimum atomic E-state index is -0.792. The highest BCUT2D eigenvalue weighted by atomic mass is 16.5. The van der Waals surface area contributed by atoms with E-state index in [9.17, 15) is 9.59 Å². The van der Waals surface area contributed by atoms with Gasteiger partial charge in [-0.2, -0.15) is 5.10 Å². The number of nitrogens with zero attached hydrogens (tertiary/aromatic N) is 3. The zero-order chi connectivity index (χ0) is 25.6. The van der Waals surface area contributed by atoms with Crippen molar-refractivity contribution in [3.8, 4) is 5.69 Å². The van der Waals surface area contributed by atoms with Gasteiger partial charge in [-0.1, -0.05) is 36.4 Å². The second-order valence-corrected chi connectivity index (χ2v) is 8.70. The molecule has 0 spiro atoms. The number of nitrogens with one attached hydrogen (secondary N) is 2. The lowest BCUT2D eigenvalue weighted by atomic mass is 10.1. The predicted octanol–water partition coefficient (Wildman–Crippen LogP) is 3.60. The van der Waals surface area contributed by atoms with Crippen molar-refractivity contribution < 1.29 is 14.3 Å². The standard InChI is InChI=1S/C28H28N6O3/c29-26(20-5-2-1-3-6-20)28(36)32-23-18-30-34(19-23)25-8-4-7-21(17-25)27(35)31-22-9-11-24(12-10-22)33-13-15-37-16-14-33/h1-12,17-19,26H,13-16,29H2,(H,31,35)(H,32,36). The number of nitrogens with two attached hydrogens (primary N) is 1. The number of amides is 2. The number of aromatic nitrogens is 2. The first-order valence-electron chi connectivity index (χ1n) is 12.1. The van der Waals surface area contributed by atoms with Crippen LogP contribution in [0.1, 0.15) is 22.0 Å². The number of hydrogen-bond donors (Lipinski definition) is 3. The van der Waals surface area contributed by atoms with Gasteiger partial charge in [-0.25, -0.2) is 4.68 Å². The van der Waals surface area contributed by atoms with Crippen molar-refractivity contribution in [2.24, 2.45) is 5.73 Å². The first kappa shape index (κ1) is 24.2. The van der Waals surface area contributed by atoms with Gasteiger partial charge in [-0.3, -0.25) is 9.59 Å². The Morgan fingerprint density at radius 3 is 2.38 bits per heavy atom. The topological polar surface area (TPSA) is 115 Å². The third kappa shape index (κ3) is 5.85. The normalized spacial score (nSPS) is 14.1. The molecule has 4 aromatic rings. The summed E-state index contributed by atoms with van der Waals surface area (Å²) in [5.41, 5.74) is 10.3. The number of carbonyl (C=O) groups excluding carboxylic acids is 2. The van der Waals surface area contributed by atoms with Crippen LogP contribution < -0.4 is 21.3 Å². The molecule has 1 saturated heterocycles. The van der Waals surface area contributed by atoms with E-state index in [1.807, 2.05) is 60.7 Å². The van der Waals surface area contributed by atoms with Crippen molar-refractivity contribution in [3.63, 3.8) is 0 Å². The SMILES string of the molecule is NC(C(=O)Nc1cnn(-c2cccc(C(=O)Nc3ccc(N4CCOCC4)cc3)c2)c1)c1ccccc1. The molecule has 0 bridgehead atoms. The molecule has 0 aliphatic carbocycles. The van der Waals surface area contributed by atoms with E-state index in [1.165, 1.54) is 0 Å². The van der Waals surface area contributed by atoms with Gasteiger partial charge in [0.2, 0.25) is 5.91 Å². The van der Waals surface area contributed by atoms with Gasteiger partial charge in [-0.05, 0) is 48.0 Å². The molecule has 1 fully saturated rings. The molecule has 9 heteroatoms. The number of rotatable bonds is 7. The van der Waals surface area contributed by atoms with Crippen molar-refractivity contribution in [1.82, 2.24) is 9.78 Å². The molecule has 1 aliphatic heterocycles. The van der Waals surface area contributed by atoms with Crippen LogP contribution in [-0.4, -0.2) is 47.9 Å². The van der Waals surface area contributed by atoms with Gasteiger partial charge in [0.05, 0.1) is 37.0 Å². The number of morpholine rings is 1. The average Bonchev–Trinajstić information content (AvgIpc) is 3.42. The summed E-state index contributed by atoms with van der Waals surface area (Å²) in [4.78, 5) is 27.7. The molecule has 3 aromatic carbocycles. The maximum atomic E-state index is 12.9. The number of hydrogen-bond acceptors (Lipinski definition) is 6. The predicted molar refractivity (Wildman–Crippen MR) is 143 cm³/mol. The molecule has 1 unspecified atom stereocenters. The average molecular weight is 497 g/mol. The van der Waals surface area contributed by atoms with Crippen LogP contribution in [0.2, 0.25) is 0 Å². The smallest absolute Gasteiger partial charge is 0.255 e. The summed E-state index contributed by atoms with van der Waals surface area (Å²) in [5.74, 6) is -0.561. The lowest BCUT2D eigenvalue weighted by Crippen LogP contribution is -2.36. The zero-order valence-electron chi connectivity index (χ0n) is 20.2. The van der Waals surface area contributed by atoms with E-state index < -0.39 is 6.04 Å². The summed E-state index contributed by atoms with van der Waals surface area (Å²) in [6, 6.07) is 23.3. The highest BCUT2D eigenvalue weighted by molar-refractivity contribution is 6.04. The van der Waals surface area contributed by atoms with Crippen LogP contribution >= 0.6 is 0 Å². The van der Waals surface area contributed by atoms with Gasteiger partial charge in [-0.15, -0.1) is 0 Å². The number of benzene rings is 3. The van der Waals surface area contributed by atoms with Gasteiger partial charge >= 0.3 is 0 Å².